The summed E-state index contributed by atoms with van der Waals surface area (Å²) in [5.41, 5.74) is 9.88. The molecule has 0 spiro atoms. The molecule has 1 heterocycles. The molecule has 0 fully saturated rings. The van der Waals surface area contributed by atoms with E-state index in [1.807, 2.05) is 32.9 Å². The molecule has 16 heavy (non-hydrogen) atoms. The summed E-state index contributed by atoms with van der Waals surface area (Å²) in [5.74, 6) is 0.372. The first-order chi connectivity index (χ1) is 7.50. The maximum absolute atomic E-state index is 10.2. The van der Waals surface area contributed by atoms with Crippen molar-refractivity contribution < 1.29 is 5.11 Å². The Morgan fingerprint density at radius 3 is 2.69 bits per heavy atom. The molecule has 1 aromatic carbocycles. The lowest BCUT2D eigenvalue weighted by Gasteiger charge is -2.08. The number of hydrogen-bond donors (Lipinski definition) is 3. The summed E-state index contributed by atoms with van der Waals surface area (Å²) in [5, 5.41) is 11.1. The molecule has 0 radical (unpaired) electrons. The standard InChI is InChI=1S/C13H18N2O/c1-7(14)6-10-4-5-11-12(13(10)16)8(2)9(3)15-11/h4-5,7,15-16H,6,14H2,1-3H3. The largest absolute Gasteiger partial charge is 0.507 e. The highest BCUT2D eigenvalue weighted by molar-refractivity contribution is 5.91. The van der Waals surface area contributed by atoms with Gasteiger partial charge in [-0.1, -0.05) is 6.07 Å². The van der Waals surface area contributed by atoms with E-state index in [1.54, 1.807) is 0 Å². The molecule has 86 valence electrons. The Morgan fingerprint density at radius 1 is 1.38 bits per heavy atom. The van der Waals surface area contributed by atoms with E-state index in [1.165, 1.54) is 0 Å². The number of fused-ring (bicyclic) bond motifs is 1. The van der Waals surface area contributed by atoms with Crippen molar-refractivity contribution in [1.82, 2.24) is 4.98 Å². The zero-order valence-electron chi connectivity index (χ0n) is 9.96. The van der Waals surface area contributed by atoms with Crippen molar-refractivity contribution in [2.45, 2.75) is 33.2 Å². The number of aromatic amines is 1. The van der Waals surface area contributed by atoms with Gasteiger partial charge in [-0.05, 0) is 44.4 Å². The van der Waals surface area contributed by atoms with Crippen molar-refractivity contribution >= 4 is 10.9 Å². The number of nitrogens with two attached hydrogens (primary N) is 1. The van der Waals surface area contributed by atoms with Crippen LogP contribution in [0.1, 0.15) is 23.7 Å². The number of phenols is 1. The third-order valence-electron chi connectivity index (χ3n) is 3.06. The first-order valence-electron chi connectivity index (χ1n) is 5.56. The van der Waals surface area contributed by atoms with Crippen LogP contribution < -0.4 is 5.73 Å². The van der Waals surface area contributed by atoms with Crippen LogP contribution in [0.3, 0.4) is 0 Å². The second-order valence-electron chi connectivity index (χ2n) is 4.55. The summed E-state index contributed by atoms with van der Waals surface area (Å²) in [7, 11) is 0. The molecule has 0 aliphatic rings. The number of hydrogen-bond acceptors (Lipinski definition) is 2. The third-order valence-corrected chi connectivity index (χ3v) is 3.06. The molecule has 0 aliphatic carbocycles. The summed E-state index contributed by atoms with van der Waals surface area (Å²) in [6, 6.07) is 4.01. The van der Waals surface area contributed by atoms with Crippen molar-refractivity contribution in [2.24, 2.45) is 5.73 Å². The van der Waals surface area contributed by atoms with Gasteiger partial charge in [-0.25, -0.2) is 0 Å². The fraction of sp³-hybridized carbons (Fsp3) is 0.385. The van der Waals surface area contributed by atoms with Crippen LogP contribution in [0.4, 0.5) is 0 Å². The Morgan fingerprint density at radius 2 is 2.06 bits per heavy atom. The highest BCUT2D eigenvalue weighted by Crippen LogP contribution is 2.33. The average Bonchev–Trinajstić information content (AvgIpc) is 2.48. The fourth-order valence-electron chi connectivity index (χ4n) is 2.11. The van der Waals surface area contributed by atoms with Gasteiger partial charge in [0.1, 0.15) is 5.75 Å². The first-order valence-corrected chi connectivity index (χ1v) is 5.56. The molecule has 0 saturated heterocycles. The van der Waals surface area contributed by atoms with E-state index in [4.69, 9.17) is 5.73 Å². The molecule has 0 saturated carbocycles. The number of phenolic OH excluding ortho intramolecular Hbond substituents is 1. The van der Waals surface area contributed by atoms with Crippen LogP contribution in [0.25, 0.3) is 10.9 Å². The molecular weight excluding hydrogens is 200 g/mol. The minimum atomic E-state index is 0.0590. The van der Waals surface area contributed by atoms with E-state index in [9.17, 15) is 5.11 Å². The van der Waals surface area contributed by atoms with E-state index >= 15 is 0 Å². The molecule has 1 atom stereocenters. The van der Waals surface area contributed by atoms with Gasteiger partial charge in [0.2, 0.25) is 0 Å². The van der Waals surface area contributed by atoms with E-state index < -0.39 is 0 Å². The number of aromatic hydroxyl groups is 1. The zero-order valence-corrected chi connectivity index (χ0v) is 9.96. The Kier molecular flexibility index (Phi) is 2.64. The van der Waals surface area contributed by atoms with Gasteiger partial charge in [0.05, 0.1) is 0 Å². The van der Waals surface area contributed by atoms with Crippen LogP contribution in [0.5, 0.6) is 5.75 Å². The van der Waals surface area contributed by atoms with Crippen LogP contribution >= 0.6 is 0 Å². The number of aryl methyl sites for hydroxylation is 2. The number of rotatable bonds is 2. The monoisotopic (exact) mass is 218 g/mol. The van der Waals surface area contributed by atoms with Crippen LogP contribution in [-0.4, -0.2) is 16.1 Å². The van der Waals surface area contributed by atoms with Gasteiger partial charge in [-0.15, -0.1) is 0 Å². The Balaban J connectivity index is 2.63. The number of benzene rings is 1. The smallest absolute Gasteiger partial charge is 0.128 e. The predicted octanol–water partition coefficient (Wildman–Crippen LogP) is 2.38. The highest BCUT2D eigenvalue weighted by atomic mass is 16.3. The number of aromatic nitrogens is 1. The van der Waals surface area contributed by atoms with Gasteiger partial charge in [-0.3, -0.25) is 0 Å². The van der Waals surface area contributed by atoms with Crippen LogP contribution in [0.2, 0.25) is 0 Å². The minimum Gasteiger partial charge on any atom is -0.507 e. The zero-order chi connectivity index (χ0) is 11.9. The highest BCUT2D eigenvalue weighted by Gasteiger charge is 2.12. The quantitative estimate of drug-likeness (QED) is 0.724. The van der Waals surface area contributed by atoms with Gasteiger partial charge in [-0.2, -0.15) is 0 Å². The summed E-state index contributed by atoms with van der Waals surface area (Å²) < 4.78 is 0. The van der Waals surface area contributed by atoms with Crippen molar-refractivity contribution in [3.8, 4) is 5.75 Å². The van der Waals surface area contributed by atoms with Gasteiger partial charge >= 0.3 is 0 Å². The number of H-pyrrole nitrogens is 1. The fourth-order valence-corrected chi connectivity index (χ4v) is 2.11. The lowest BCUT2D eigenvalue weighted by Crippen LogP contribution is -2.17. The Hall–Kier alpha value is -1.48. The molecule has 0 aliphatic heterocycles. The lowest BCUT2D eigenvalue weighted by atomic mass is 10.0. The van der Waals surface area contributed by atoms with Gasteiger partial charge in [0.25, 0.3) is 0 Å². The van der Waals surface area contributed by atoms with E-state index in [-0.39, 0.29) is 6.04 Å². The summed E-state index contributed by atoms with van der Waals surface area (Å²) in [6.45, 7) is 5.97. The topological polar surface area (TPSA) is 62.0 Å². The molecule has 0 bridgehead atoms. The maximum atomic E-state index is 10.2. The molecule has 0 amide bonds. The second kappa shape index (κ2) is 3.83. The van der Waals surface area contributed by atoms with Crippen LogP contribution in [-0.2, 0) is 6.42 Å². The number of nitrogens with one attached hydrogen (secondary N) is 1. The summed E-state index contributed by atoms with van der Waals surface area (Å²) >= 11 is 0. The van der Waals surface area contributed by atoms with Crippen LogP contribution in [0.15, 0.2) is 12.1 Å². The normalized spacial score (nSPS) is 13.2. The van der Waals surface area contributed by atoms with E-state index in [0.717, 1.165) is 27.7 Å². The molecule has 3 nitrogen and oxygen atoms in total. The maximum Gasteiger partial charge on any atom is 0.128 e. The molecule has 2 aromatic rings. The molecule has 1 aromatic heterocycles. The van der Waals surface area contributed by atoms with Crippen molar-refractivity contribution in [2.75, 3.05) is 0 Å². The van der Waals surface area contributed by atoms with Crippen molar-refractivity contribution in [1.29, 1.82) is 0 Å². The summed E-state index contributed by atoms with van der Waals surface area (Å²) in [4.78, 5) is 3.26. The molecule has 3 heteroatoms. The molecule has 1 unspecified atom stereocenters. The Labute approximate surface area is 95.3 Å². The Bertz CT molecular complexity index is 526. The third kappa shape index (κ3) is 1.67. The second-order valence-corrected chi connectivity index (χ2v) is 4.55. The van der Waals surface area contributed by atoms with E-state index in [0.29, 0.717) is 12.2 Å². The first kappa shape index (κ1) is 11.0. The van der Waals surface area contributed by atoms with Crippen molar-refractivity contribution in [3.05, 3.63) is 29.0 Å². The van der Waals surface area contributed by atoms with Gasteiger partial charge < -0.3 is 15.8 Å². The molecule has 4 N–H and O–H groups in total. The molecule has 2 rings (SSSR count). The average molecular weight is 218 g/mol. The van der Waals surface area contributed by atoms with E-state index in [2.05, 4.69) is 4.98 Å². The van der Waals surface area contributed by atoms with Gasteiger partial charge in [0, 0.05) is 22.6 Å². The van der Waals surface area contributed by atoms with Crippen molar-refractivity contribution in [3.63, 3.8) is 0 Å². The predicted molar refractivity (Wildman–Crippen MR) is 66.8 cm³/mol. The van der Waals surface area contributed by atoms with Gasteiger partial charge in [0.15, 0.2) is 0 Å². The minimum absolute atomic E-state index is 0.0590. The molecular formula is C13H18N2O. The lowest BCUT2D eigenvalue weighted by molar-refractivity contribution is 0.472. The SMILES string of the molecule is Cc1[nH]c2ccc(CC(C)N)c(O)c2c1C. The van der Waals surface area contributed by atoms with Crippen LogP contribution in [0, 0.1) is 13.8 Å². The summed E-state index contributed by atoms with van der Waals surface area (Å²) in [6.07, 6.45) is 0.700.